The average molecular weight is 1210 g/mol. The number of carboxylic acids is 1. The summed E-state index contributed by atoms with van der Waals surface area (Å²) in [6, 6.07) is 76.7. The van der Waals surface area contributed by atoms with Crippen LogP contribution < -0.4 is 16.4 Å². The van der Waals surface area contributed by atoms with Gasteiger partial charge in [0.15, 0.2) is 15.2 Å². The second-order valence-corrected chi connectivity index (χ2v) is 25.3. The highest BCUT2D eigenvalue weighted by atomic mass is 35.5. The first kappa shape index (κ1) is 56.6. The van der Waals surface area contributed by atoms with Crippen LogP contribution in [0.1, 0.15) is 62.5 Å². The van der Waals surface area contributed by atoms with Gasteiger partial charge in [-0.05, 0) is 34.2 Å². The van der Waals surface area contributed by atoms with Crippen LogP contribution in [0.4, 0.5) is 10.3 Å². The fourth-order valence-electron chi connectivity index (χ4n) is 11.6. The van der Waals surface area contributed by atoms with E-state index in [2.05, 4.69) is 20.8 Å². The quantitative estimate of drug-likeness (QED) is 0.0133. The summed E-state index contributed by atoms with van der Waals surface area (Å²) in [7, 11) is 0. The third kappa shape index (κ3) is 11.2. The van der Waals surface area contributed by atoms with Gasteiger partial charge in [-0.25, -0.2) is 9.78 Å². The van der Waals surface area contributed by atoms with Gasteiger partial charge in [-0.3, -0.25) is 14.5 Å². The van der Waals surface area contributed by atoms with Crippen molar-refractivity contribution in [2.45, 2.75) is 39.9 Å². The number of carboxylic acid groups (broad SMARTS) is 1. The van der Waals surface area contributed by atoms with E-state index in [-0.39, 0.29) is 33.8 Å². The van der Waals surface area contributed by atoms with Gasteiger partial charge in [0, 0.05) is 33.4 Å². The monoisotopic (exact) mass is 1210 g/mol. The first-order valence-electron chi connectivity index (χ1n) is 27.2. The van der Waals surface area contributed by atoms with Crippen molar-refractivity contribution in [3.05, 3.63) is 308 Å². The van der Waals surface area contributed by atoms with Gasteiger partial charge < -0.3 is 26.3 Å². The molecule has 0 aliphatic carbocycles. The standard InChI is InChI=1S/C67H53ClN8O5S4/c68-59-55(71-64(84-59)72-66(45-29-13-3-14-30-45,46-31-15-4-16-32-46)47-33-17-5-18-34-47)56(75-81-67(48-35-19-6-20-36-48,49-37-21-7-22-38-49)50-39-23-8-24-40-50)60(77)70-54-52-41-51(53(43-25-9-1-10-26-43)44-27-11-2-12-28-44)58(57(62(79)80)76(52)61(54)78)82-42-83-65-74-73-63(69)85-65/h1-40,51-54H,41-42H2,(H2,69,73)(H,70,77)(H,71,72)(H,79,80)/t51?,52-,54+/m1/s1. The molecule has 8 aromatic carbocycles. The molecule has 2 aliphatic heterocycles. The second kappa shape index (κ2) is 25.2. The largest absolute Gasteiger partial charge is 0.477 e. The topological polar surface area (TPSA) is 185 Å². The highest BCUT2D eigenvalue weighted by molar-refractivity contribution is 8.18. The van der Waals surface area contributed by atoms with E-state index in [4.69, 9.17) is 32.3 Å². The molecule has 12 rings (SSSR count). The summed E-state index contributed by atoms with van der Waals surface area (Å²) in [6.45, 7) is 0. The maximum atomic E-state index is 15.9. The van der Waals surface area contributed by atoms with E-state index in [9.17, 15) is 9.90 Å². The summed E-state index contributed by atoms with van der Waals surface area (Å²) in [5, 5.41) is 32.2. The number of rotatable bonds is 21. The number of aromatic nitrogens is 3. The molecule has 13 nitrogen and oxygen atoms in total. The van der Waals surface area contributed by atoms with Gasteiger partial charge in [0.2, 0.25) is 10.7 Å². The first-order valence-corrected chi connectivity index (χ1v) is 31.2. The van der Waals surface area contributed by atoms with Crippen molar-refractivity contribution >= 4 is 91.6 Å². The Hall–Kier alpha value is -8.84. The molecular weight excluding hydrogens is 1160 g/mol. The fourth-order valence-corrected chi connectivity index (χ4v) is 16.0. The van der Waals surface area contributed by atoms with E-state index in [1.54, 1.807) is 0 Å². The van der Waals surface area contributed by atoms with Crippen molar-refractivity contribution in [2.75, 3.05) is 16.1 Å². The van der Waals surface area contributed by atoms with E-state index in [0.29, 0.717) is 41.3 Å². The molecule has 422 valence electrons. The highest BCUT2D eigenvalue weighted by Gasteiger charge is 2.57. The van der Waals surface area contributed by atoms with Crippen molar-refractivity contribution in [1.29, 1.82) is 0 Å². The Morgan fingerprint density at radius 1 is 0.659 bits per heavy atom. The number of nitrogens with one attached hydrogen (secondary N) is 2. The third-order valence-electron chi connectivity index (χ3n) is 15.3. The number of nitrogens with zero attached hydrogens (tertiary/aromatic N) is 5. The van der Waals surface area contributed by atoms with Crippen LogP contribution in [-0.4, -0.2) is 65.9 Å². The normalized spacial score (nSPS) is 16.1. The van der Waals surface area contributed by atoms with Crippen LogP contribution >= 0.6 is 57.8 Å². The lowest BCUT2D eigenvalue weighted by atomic mass is 9.71. The maximum absolute atomic E-state index is 15.9. The molecule has 2 aromatic heterocycles. The van der Waals surface area contributed by atoms with Gasteiger partial charge in [-0.15, -0.1) is 22.0 Å². The number of oxime groups is 1. The van der Waals surface area contributed by atoms with Gasteiger partial charge in [0.1, 0.15) is 27.3 Å². The van der Waals surface area contributed by atoms with Crippen molar-refractivity contribution < 1.29 is 24.3 Å². The summed E-state index contributed by atoms with van der Waals surface area (Å²) >= 11 is 12.5. The minimum absolute atomic E-state index is 0.0179. The number of amides is 2. The van der Waals surface area contributed by atoms with Crippen LogP contribution in [0.15, 0.2) is 263 Å². The van der Waals surface area contributed by atoms with Gasteiger partial charge in [-0.2, -0.15) is 0 Å². The minimum atomic E-state index is -1.46. The van der Waals surface area contributed by atoms with Gasteiger partial charge in [-0.1, -0.05) is 294 Å². The number of allylic oxidation sites excluding steroid dienone is 1. The van der Waals surface area contributed by atoms with Crippen LogP contribution in [0.5, 0.6) is 0 Å². The zero-order valence-electron chi connectivity index (χ0n) is 45.2. The van der Waals surface area contributed by atoms with E-state index in [1.165, 1.54) is 39.8 Å². The molecule has 10 aromatic rings. The Balaban J connectivity index is 0.985. The molecule has 85 heavy (non-hydrogen) atoms. The molecule has 4 heterocycles. The Labute approximate surface area is 512 Å². The SMILES string of the molecule is Nc1nnc(SCSC2=C(C(=O)O)N3C(=O)[C@@H](NC(=O)C(=NOC(c4ccccc4)(c4ccccc4)c4ccccc4)c4nc(NC(c5ccccc5)(c5ccccc5)c5ccccc5)sc4Cl)[C@H]3CC2C(c2ccccc2)c2ccccc2)s1. The van der Waals surface area contributed by atoms with Crippen molar-refractivity contribution in [3.8, 4) is 0 Å². The number of nitrogens with two attached hydrogens (primary N) is 1. The lowest BCUT2D eigenvalue weighted by Crippen LogP contribution is -2.73. The summed E-state index contributed by atoms with van der Waals surface area (Å²) in [5.74, 6) is -3.56. The predicted octanol–water partition coefficient (Wildman–Crippen LogP) is 13.7. The van der Waals surface area contributed by atoms with Crippen molar-refractivity contribution in [2.24, 2.45) is 11.1 Å². The molecule has 5 N–H and O–H groups in total. The van der Waals surface area contributed by atoms with Crippen LogP contribution in [0.3, 0.4) is 0 Å². The molecule has 1 saturated heterocycles. The van der Waals surface area contributed by atoms with Crippen LogP contribution in [-0.2, 0) is 30.4 Å². The molecule has 0 radical (unpaired) electrons. The number of nitrogen functional groups attached to an aromatic ring is 1. The van der Waals surface area contributed by atoms with E-state index < -0.39 is 46.9 Å². The number of halogens is 1. The molecule has 2 aliphatic rings. The Morgan fingerprint density at radius 2 is 1.11 bits per heavy atom. The fraction of sp³-hybridized carbons (Fsp3) is 0.119. The molecule has 0 bridgehead atoms. The predicted molar refractivity (Wildman–Crippen MR) is 339 cm³/mol. The van der Waals surface area contributed by atoms with Gasteiger partial charge in [0.05, 0.1) is 11.1 Å². The van der Waals surface area contributed by atoms with E-state index >= 15 is 9.59 Å². The molecule has 1 unspecified atom stereocenters. The zero-order valence-corrected chi connectivity index (χ0v) is 49.2. The number of thioether (sulfide) groups is 2. The molecule has 1 fully saturated rings. The first-order chi connectivity index (χ1) is 41.6. The number of hydrogen-bond donors (Lipinski definition) is 4. The van der Waals surface area contributed by atoms with Crippen LogP contribution in [0.25, 0.3) is 0 Å². The number of carbonyl (C=O) groups excluding carboxylic acids is 2. The van der Waals surface area contributed by atoms with E-state index in [0.717, 1.165) is 39.2 Å². The third-order valence-corrected chi connectivity index (χ3v) is 19.7. The summed E-state index contributed by atoms with van der Waals surface area (Å²) in [4.78, 5) is 58.8. The average Bonchev–Trinajstić information content (AvgIpc) is 1.56. The lowest BCUT2D eigenvalue weighted by molar-refractivity contribution is -0.156. The lowest BCUT2D eigenvalue weighted by Gasteiger charge is -2.53. The molecule has 0 spiro atoms. The molecule has 2 amide bonds. The van der Waals surface area contributed by atoms with Crippen molar-refractivity contribution in [3.63, 3.8) is 0 Å². The van der Waals surface area contributed by atoms with Gasteiger partial charge in [0.25, 0.3) is 11.8 Å². The number of β-lactam (4-membered cyclic amide) rings is 1. The number of benzene rings is 8. The molecular formula is C67H53ClN8O5S4. The smallest absolute Gasteiger partial charge is 0.353 e. The number of fused-ring (bicyclic) bond motifs is 1. The number of carbonyl (C=O) groups is 3. The zero-order chi connectivity index (χ0) is 58.3. The minimum Gasteiger partial charge on any atom is -0.477 e. The molecule has 3 atom stereocenters. The van der Waals surface area contributed by atoms with Crippen LogP contribution in [0.2, 0.25) is 4.34 Å². The number of aliphatic carboxylic acids is 1. The van der Waals surface area contributed by atoms with Crippen molar-refractivity contribution in [1.82, 2.24) is 25.4 Å². The summed E-state index contributed by atoms with van der Waals surface area (Å²) in [6.07, 6.45) is 0.273. The Morgan fingerprint density at radius 3 is 1.54 bits per heavy atom. The maximum Gasteiger partial charge on any atom is 0.353 e. The summed E-state index contributed by atoms with van der Waals surface area (Å²) in [5.41, 5.74) is 9.71. The number of thiazole rings is 1. The number of hydrogen-bond acceptors (Lipinski definition) is 14. The Bertz CT molecular complexity index is 3790. The second-order valence-electron chi connectivity index (χ2n) is 20.1. The summed E-state index contributed by atoms with van der Waals surface area (Å²) < 4.78 is 0.728. The molecule has 18 heteroatoms. The highest BCUT2D eigenvalue weighted by Crippen LogP contribution is 2.52. The van der Waals surface area contributed by atoms with Gasteiger partial charge >= 0.3 is 5.97 Å². The Kier molecular flexibility index (Phi) is 16.8. The van der Waals surface area contributed by atoms with E-state index in [1.807, 2.05) is 243 Å². The van der Waals surface area contributed by atoms with Crippen LogP contribution in [0, 0.1) is 5.92 Å². The molecule has 0 saturated carbocycles. The number of anilines is 2.